The topological polar surface area (TPSA) is 67.2 Å². The van der Waals surface area contributed by atoms with Crippen LogP contribution in [0.15, 0.2) is 58.5 Å². The molecule has 6 heteroatoms. The molecular weight excluding hydrogens is 340 g/mol. The summed E-state index contributed by atoms with van der Waals surface area (Å²) < 4.78 is 11.4. The van der Waals surface area contributed by atoms with Crippen LogP contribution >= 0.6 is 0 Å². The second-order valence-corrected chi connectivity index (χ2v) is 6.56. The number of hydrogen-bond acceptors (Lipinski definition) is 6. The van der Waals surface area contributed by atoms with E-state index in [1.807, 2.05) is 24.3 Å². The zero-order valence-corrected chi connectivity index (χ0v) is 15.3. The van der Waals surface area contributed by atoms with Crippen LogP contribution in [0.4, 0.5) is 0 Å². The van der Waals surface area contributed by atoms with Crippen LogP contribution in [0.2, 0.25) is 0 Å². The lowest BCUT2D eigenvalue weighted by Gasteiger charge is -2.10. The summed E-state index contributed by atoms with van der Waals surface area (Å²) in [5.41, 5.74) is 2.43. The Balaban J connectivity index is 1.22. The van der Waals surface area contributed by atoms with Crippen LogP contribution < -0.4 is 20.1 Å². The molecule has 0 unspecified atom stereocenters. The number of ether oxygens (including phenoxy) is 2. The third-order valence-electron chi connectivity index (χ3n) is 4.53. The minimum Gasteiger partial charge on any atom is -0.458 e. The number of benzene rings is 2. The van der Waals surface area contributed by atoms with Crippen molar-refractivity contribution in [3.63, 3.8) is 0 Å². The Morgan fingerprint density at radius 2 is 1.11 bits per heavy atom. The maximum atomic E-state index is 5.68. The maximum absolute atomic E-state index is 5.68. The van der Waals surface area contributed by atoms with Crippen molar-refractivity contribution < 1.29 is 9.47 Å². The molecule has 140 valence electrons. The number of aliphatic imine (C=N–C) groups is 2. The van der Waals surface area contributed by atoms with Crippen molar-refractivity contribution in [2.45, 2.75) is 12.8 Å². The zero-order chi connectivity index (χ0) is 18.3. The van der Waals surface area contributed by atoms with E-state index >= 15 is 0 Å². The second-order valence-electron chi connectivity index (χ2n) is 6.56. The van der Waals surface area contributed by atoms with E-state index in [1.54, 1.807) is 0 Å². The monoisotopic (exact) mass is 364 g/mol. The first-order chi connectivity index (χ1) is 13.3. The van der Waals surface area contributed by atoms with Gasteiger partial charge in [0.15, 0.2) is 0 Å². The Morgan fingerprint density at radius 3 is 1.48 bits per heavy atom. The van der Waals surface area contributed by atoms with E-state index < -0.39 is 0 Å². The molecule has 4 rings (SSSR count). The average Bonchev–Trinajstić information content (AvgIpc) is 3.39. The van der Waals surface area contributed by atoms with Gasteiger partial charge in [-0.2, -0.15) is 0 Å². The Hall–Kier alpha value is -3.02. The van der Waals surface area contributed by atoms with Gasteiger partial charge < -0.3 is 20.1 Å². The number of rotatable bonds is 8. The molecule has 2 aromatic rings. The molecule has 2 N–H and O–H groups in total. The summed E-state index contributed by atoms with van der Waals surface area (Å²) in [6.07, 6.45) is 1.68. The lowest BCUT2D eigenvalue weighted by atomic mass is 10.1. The molecule has 2 aliphatic heterocycles. The molecule has 27 heavy (non-hydrogen) atoms. The summed E-state index contributed by atoms with van der Waals surface area (Å²) in [6, 6.07) is 16.1. The van der Waals surface area contributed by atoms with Gasteiger partial charge in [0.2, 0.25) is 6.79 Å². The molecule has 0 amide bonds. The van der Waals surface area contributed by atoms with Crippen LogP contribution in [0.1, 0.15) is 11.1 Å². The molecule has 0 atom stereocenters. The van der Waals surface area contributed by atoms with Crippen molar-refractivity contribution in [1.29, 1.82) is 0 Å². The summed E-state index contributed by atoms with van der Waals surface area (Å²) in [5.74, 6) is 3.71. The van der Waals surface area contributed by atoms with Gasteiger partial charge in [0.05, 0.1) is 13.1 Å². The van der Waals surface area contributed by atoms with Gasteiger partial charge in [0.25, 0.3) is 0 Å². The van der Waals surface area contributed by atoms with Crippen LogP contribution in [0.5, 0.6) is 11.5 Å². The van der Waals surface area contributed by atoms with Gasteiger partial charge in [-0.25, -0.2) is 0 Å². The largest absolute Gasteiger partial charge is 0.458 e. The molecular formula is C21H24N4O2. The minimum absolute atomic E-state index is 0.182. The van der Waals surface area contributed by atoms with Gasteiger partial charge in [-0.05, 0) is 35.4 Å². The third kappa shape index (κ3) is 5.00. The fourth-order valence-corrected chi connectivity index (χ4v) is 3.09. The van der Waals surface area contributed by atoms with Gasteiger partial charge in [-0.3, -0.25) is 9.98 Å². The van der Waals surface area contributed by atoms with E-state index in [0.29, 0.717) is 0 Å². The molecule has 2 aliphatic rings. The number of hydrogen-bond donors (Lipinski definition) is 2. The van der Waals surface area contributed by atoms with Crippen LogP contribution in [0.25, 0.3) is 0 Å². The predicted molar refractivity (Wildman–Crippen MR) is 107 cm³/mol. The molecule has 6 nitrogen and oxygen atoms in total. The standard InChI is InChI=1S/C21H24N4O2/c1-5-18(6-2-16(1)13-20-22-9-10-23-20)26-15-27-19-7-3-17(4-8-19)14-21-24-11-12-25-21/h1-8H,9-15H2,(H,22,23)(H,24,25). The molecule has 0 spiro atoms. The highest BCUT2D eigenvalue weighted by Crippen LogP contribution is 2.16. The average molecular weight is 364 g/mol. The first-order valence-corrected chi connectivity index (χ1v) is 9.33. The van der Waals surface area contributed by atoms with Crippen molar-refractivity contribution in [3.05, 3.63) is 59.7 Å². The van der Waals surface area contributed by atoms with Gasteiger partial charge in [-0.15, -0.1) is 0 Å². The minimum atomic E-state index is 0.182. The third-order valence-corrected chi connectivity index (χ3v) is 4.53. The smallest absolute Gasteiger partial charge is 0.230 e. The predicted octanol–water partition coefficient (Wildman–Crippen LogP) is 2.19. The fourth-order valence-electron chi connectivity index (χ4n) is 3.09. The molecule has 0 aliphatic carbocycles. The highest BCUT2D eigenvalue weighted by Gasteiger charge is 2.07. The summed E-state index contributed by atoms with van der Waals surface area (Å²) in [4.78, 5) is 8.83. The van der Waals surface area contributed by atoms with Crippen LogP contribution in [-0.2, 0) is 12.8 Å². The number of nitrogens with zero attached hydrogens (tertiary/aromatic N) is 2. The molecule has 0 saturated carbocycles. The van der Waals surface area contributed by atoms with Crippen molar-refractivity contribution >= 4 is 11.7 Å². The summed E-state index contributed by atoms with van der Waals surface area (Å²) in [6.45, 7) is 3.82. The van der Waals surface area contributed by atoms with E-state index in [2.05, 4.69) is 44.9 Å². The van der Waals surface area contributed by atoms with Crippen molar-refractivity contribution in [2.75, 3.05) is 33.0 Å². The molecule has 2 aromatic carbocycles. The Morgan fingerprint density at radius 1 is 0.667 bits per heavy atom. The zero-order valence-electron chi connectivity index (χ0n) is 15.3. The van der Waals surface area contributed by atoms with Crippen LogP contribution in [0, 0.1) is 0 Å². The van der Waals surface area contributed by atoms with E-state index in [9.17, 15) is 0 Å². The highest BCUT2D eigenvalue weighted by atomic mass is 16.7. The van der Waals surface area contributed by atoms with Crippen molar-refractivity contribution in [2.24, 2.45) is 9.98 Å². The van der Waals surface area contributed by atoms with Crippen LogP contribution in [0.3, 0.4) is 0 Å². The Labute approximate surface area is 159 Å². The van der Waals surface area contributed by atoms with Gasteiger partial charge >= 0.3 is 0 Å². The Bertz CT molecular complexity index is 744. The van der Waals surface area contributed by atoms with E-state index in [0.717, 1.165) is 62.2 Å². The lowest BCUT2D eigenvalue weighted by Crippen LogP contribution is -2.20. The molecule has 2 heterocycles. The van der Waals surface area contributed by atoms with Crippen molar-refractivity contribution in [3.8, 4) is 11.5 Å². The van der Waals surface area contributed by atoms with E-state index in [-0.39, 0.29) is 6.79 Å². The van der Waals surface area contributed by atoms with E-state index in [1.165, 1.54) is 11.1 Å². The first-order valence-electron chi connectivity index (χ1n) is 9.33. The number of amidine groups is 2. The van der Waals surface area contributed by atoms with Gasteiger partial charge in [0.1, 0.15) is 23.2 Å². The highest BCUT2D eigenvalue weighted by molar-refractivity contribution is 5.86. The molecule has 0 saturated heterocycles. The SMILES string of the molecule is c1cc(OCOc2ccc(CC3=NCCN3)cc2)ccc1CC1=NCCN1. The first kappa shape index (κ1) is 17.4. The second kappa shape index (κ2) is 8.58. The van der Waals surface area contributed by atoms with Gasteiger partial charge in [0, 0.05) is 25.9 Å². The molecule has 0 aromatic heterocycles. The quantitative estimate of drug-likeness (QED) is 0.705. The summed E-state index contributed by atoms with van der Waals surface area (Å²) in [5, 5.41) is 6.57. The molecule has 0 radical (unpaired) electrons. The van der Waals surface area contributed by atoms with Crippen LogP contribution in [-0.4, -0.2) is 44.6 Å². The maximum Gasteiger partial charge on any atom is 0.230 e. The lowest BCUT2D eigenvalue weighted by molar-refractivity contribution is 0.120. The van der Waals surface area contributed by atoms with Crippen molar-refractivity contribution in [1.82, 2.24) is 10.6 Å². The number of nitrogens with one attached hydrogen (secondary N) is 2. The fraction of sp³-hybridized carbons (Fsp3) is 0.333. The molecule has 0 bridgehead atoms. The van der Waals surface area contributed by atoms with E-state index in [4.69, 9.17) is 9.47 Å². The molecule has 0 fully saturated rings. The summed E-state index contributed by atoms with van der Waals surface area (Å²) >= 11 is 0. The summed E-state index contributed by atoms with van der Waals surface area (Å²) in [7, 11) is 0. The Kier molecular flexibility index (Phi) is 5.53. The normalized spacial score (nSPS) is 15.6. The van der Waals surface area contributed by atoms with Gasteiger partial charge in [-0.1, -0.05) is 24.3 Å².